The molecule has 5 amide bonds. The average molecular weight is 1180 g/mol. The first-order valence-electron chi connectivity index (χ1n) is 28.7. The predicted molar refractivity (Wildman–Crippen MR) is 319 cm³/mol. The average Bonchev–Trinajstić information content (AvgIpc) is 3.21. The van der Waals surface area contributed by atoms with Crippen molar-refractivity contribution in [2.24, 2.45) is 11.3 Å². The third kappa shape index (κ3) is 12.7. The normalized spacial score (nSPS) is 19.6. The summed E-state index contributed by atoms with van der Waals surface area (Å²) < 4.78 is 36.5. The molecular weight excluding hydrogens is 1110 g/mol. The number of pyridine rings is 1. The van der Waals surface area contributed by atoms with E-state index in [1.807, 2.05) is 24.3 Å². The number of aryl methyl sites for hydroxylation is 1. The lowest BCUT2D eigenvalue weighted by atomic mass is 9.72. The molecule has 3 fully saturated rings. The number of piperidine rings is 2. The largest absolute Gasteiger partial charge is 0.455 e. The molecule has 3 saturated heterocycles. The van der Waals surface area contributed by atoms with Crippen LogP contribution in [0.5, 0.6) is 11.5 Å². The molecular formula is C62H67ClN10O10S. The lowest BCUT2D eigenvalue weighted by Gasteiger charge is -2.39. The van der Waals surface area contributed by atoms with Crippen LogP contribution < -0.4 is 25.0 Å². The van der Waals surface area contributed by atoms with Crippen molar-refractivity contribution in [1.29, 1.82) is 0 Å². The molecule has 22 heteroatoms. The van der Waals surface area contributed by atoms with Crippen molar-refractivity contribution in [2.75, 3.05) is 69.1 Å². The number of nitrogens with one attached hydrogen (secondary N) is 4. The van der Waals surface area contributed by atoms with Gasteiger partial charge in [0, 0.05) is 86.7 Å². The summed E-state index contributed by atoms with van der Waals surface area (Å²) in [5.41, 5.74) is 6.58. The predicted octanol–water partition coefficient (Wildman–Crippen LogP) is 9.37. The molecule has 0 spiro atoms. The number of allylic oxidation sites excluding steroid dienone is 1. The Balaban J connectivity index is 0.714. The van der Waals surface area contributed by atoms with Crippen molar-refractivity contribution in [3.8, 4) is 11.5 Å². The molecule has 20 nitrogen and oxygen atoms in total. The van der Waals surface area contributed by atoms with Crippen molar-refractivity contribution in [1.82, 2.24) is 34.7 Å². The van der Waals surface area contributed by atoms with Crippen molar-refractivity contribution in [2.45, 2.75) is 89.0 Å². The molecule has 0 radical (unpaired) electrons. The molecule has 2 aromatic heterocycles. The maximum atomic E-state index is 14.2. The first kappa shape index (κ1) is 57.8. The summed E-state index contributed by atoms with van der Waals surface area (Å²) in [5.74, 6) is -2.58. The van der Waals surface area contributed by atoms with E-state index in [0.29, 0.717) is 48.0 Å². The fraction of sp³-hybridized carbons (Fsp3) is 0.387. The highest BCUT2D eigenvalue weighted by atomic mass is 35.5. The molecule has 4 aliphatic heterocycles. The summed E-state index contributed by atoms with van der Waals surface area (Å²) in [6.45, 7) is 11.2. The Labute approximate surface area is 492 Å². The van der Waals surface area contributed by atoms with E-state index < -0.39 is 61.1 Å². The third-order valence-electron chi connectivity index (χ3n) is 17.0. The Morgan fingerprint density at radius 2 is 1.71 bits per heavy atom. The van der Waals surface area contributed by atoms with Crippen molar-refractivity contribution < 1.29 is 42.1 Å². The van der Waals surface area contributed by atoms with Crippen LogP contribution in [-0.2, 0) is 26.0 Å². The van der Waals surface area contributed by atoms with Crippen molar-refractivity contribution in [3.05, 3.63) is 152 Å². The van der Waals surface area contributed by atoms with Gasteiger partial charge in [-0.15, -0.1) is 0 Å². The topological polar surface area (TPSA) is 250 Å². The highest BCUT2D eigenvalue weighted by molar-refractivity contribution is 7.90. The van der Waals surface area contributed by atoms with Gasteiger partial charge in [0.05, 0.1) is 32.7 Å². The van der Waals surface area contributed by atoms with Gasteiger partial charge in [-0.3, -0.25) is 49.2 Å². The Morgan fingerprint density at radius 1 is 0.905 bits per heavy atom. The van der Waals surface area contributed by atoms with Gasteiger partial charge in [-0.05, 0) is 154 Å². The minimum absolute atomic E-state index is 0.0437. The van der Waals surface area contributed by atoms with Crippen molar-refractivity contribution in [3.63, 3.8) is 0 Å². The molecule has 11 rings (SSSR count). The van der Waals surface area contributed by atoms with Gasteiger partial charge in [-0.1, -0.05) is 55.3 Å². The van der Waals surface area contributed by atoms with Crippen LogP contribution in [0, 0.1) is 21.4 Å². The zero-order chi connectivity index (χ0) is 58.9. The number of hydrogen-bond acceptors (Lipinski definition) is 15. The number of aromatic nitrogens is 2. The Morgan fingerprint density at radius 3 is 2.50 bits per heavy atom. The van der Waals surface area contributed by atoms with E-state index in [9.17, 15) is 42.5 Å². The molecule has 2 unspecified atom stereocenters. The number of H-pyrrole nitrogens is 1. The Bertz CT molecular complexity index is 3730. The van der Waals surface area contributed by atoms with E-state index in [2.05, 4.69) is 66.0 Å². The molecule has 6 aromatic rings. The first-order valence-corrected chi connectivity index (χ1v) is 30.6. The number of carbonyl (C=O) groups excluding carboxylic acids is 5. The second-order valence-electron chi connectivity index (χ2n) is 23.4. The first-order chi connectivity index (χ1) is 40.4. The SMILES string of the molecule is CC1(C)CCC(CN2CCN(c3ccc(C(=O)NS(=O)(=O)c4ccc(NCC5CCCN(CCCCc6cccc7c6C(=O)N(C6CCC(=O)NC6=O)C7=O)C5)c([N+](=O)[O-])c4)c(Oc4cnc5[nH]ccc5c4)c3)CC2)=C(c2ccc(Cl)cc2)C1. The van der Waals surface area contributed by atoms with Gasteiger partial charge in [-0.25, -0.2) is 18.1 Å². The third-order valence-corrected chi connectivity index (χ3v) is 18.5. The highest BCUT2D eigenvalue weighted by Crippen LogP contribution is 2.44. The molecule has 1 aliphatic carbocycles. The molecule has 84 heavy (non-hydrogen) atoms. The van der Waals surface area contributed by atoms with Crippen LogP contribution in [0.1, 0.15) is 114 Å². The number of carbonyl (C=O) groups is 5. The molecule has 4 aromatic carbocycles. The number of anilines is 2. The van der Waals surface area contributed by atoms with Gasteiger partial charge in [-0.2, -0.15) is 0 Å². The lowest BCUT2D eigenvalue weighted by molar-refractivity contribution is -0.384. The van der Waals surface area contributed by atoms with Crippen molar-refractivity contribution >= 4 is 84.8 Å². The Kier molecular flexibility index (Phi) is 16.7. The number of benzene rings is 4. The van der Waals surface area contributed by atoms with Gasteiger partial charge >= 0.3 is 0 Å². The van der Waals surface area contributed by atoms with E-state index in [1.54, 1.807) is 36.5 Å². The number of rotatable bonds is 19. The second-order valence-corrected chi connectivity index (χ2v) is 25.5. The van der Waals surface area contributed by atoms with Crippen LogP contribution in [0.25, 0.3) is 16.6 Å². The van der Waals surface area contributed by atoms with E-state index in [1.165, 1.54) is 41.1 Å². The number of fused-ring (bicyclic) bond motifs is 2. The van der Waals surface area contributed by atoms with Gasteiger partial charge in [0.25, 0.3) is 33.4 Å². The summed E-state index contributed by atoms with van der Waals surface area (Å²) in [4.78, 5) is 92.3. The van der Waals surface area contributed by atoms with Gasteiger partial charge in [0.15, 0.2) is 0 Å². The number of likely N-dealkylation sites (tertiary alicyclic amines) is 1. The number of aromatic amines is 1. The summed E-state index contributed by atoms with van der Waals surface area (Å²) in [7, 11) is -4.66. The second kappa shape index (κ2) is 24.3. The fourth-order valence-electron chi connectivity index (χ4n) is 12.4. The number of amides is 5. The molecule has 0 saturated carbocycles. The molecule has 2 atom stereocenters. The number of sulfonamides is 1. The zero-order valence-corrected chi connectivity index (χ0v) is 48.5. The van der Waals surface area contributed by atoms with E-state index in [0.717, 1.165) is 112 Å². The van der Waals surface area contributed by atoms with Gasteiger partial charge in [0.2, 0.25) is 11.8 Å². The standard InChI is InChI=1S/C62H67ClN10O10S/c1-62(2)23-21-43(50(34-62)40-11-13-44(63)14-12-40)38-70-27-29-71(30-28-70)45-15-17-48(54(32-45)83-46-31-42-22-24-64-57(42)66-36-46)58(75)68-84(81,82)47-16-18-51(53(33-47)73(79)80)65-35-39-7-6-26-69(37-39)25-4-3-8-41-9-5-10-49-56(41)61(78)72(60(49)77)52-19-20-55(74)67-59(52)76/h5,9-18,22,24,31-33,36,39,52,65H,3-4,6-8,19-21,23,25-30,34-35,37-38H2,1-2H3,(H,64,66)(H,68,75)(H,67,74,76). The van der Waals surface area contributed by atoms with Gasteiger partial charge < -0.3 is 24.8 Å². The minimum Gasteiger partial charge on any atom is -0.455 e. The number of nitro benzene ring substituents is 1. The number of unbranched alkanes of at least 4 members (excludes halogenated alkanes) is 1. The molecule has 0 bridgehead atoms. The number of imide groups is 2. The number of halogens is 1. The summed E-state index contributed by atoms with van der Waals surface area (Å²) >= 11 is 6.27. The van der Waals surface area contributed by atoms with Gasteiger partial charge in [0.1, 0.15) is 28.9 Å². The zero-order valence-electron chi connectivity index (χ0n) is 47.0. The van der Waals surface area contributed by atoms with Crippen LogP contribution in [0.4, 0.5) is 17.1 Å². The molecule has 6 heterocycles. The summed E-state index contributed by atoms with van der Waals surface area (Å²) in [5, 5.41) is 19.4. The quantitative estimate of drug-likeness (QED) is 0.0255. The number of ether oxygens (including phenoxy) is 1. The van der Waals surface area contributed by atoms with E-state index in [4.69, 9.17) is 16.3 Å². The van der Waals surface area contributed by atoms with Crippen LogP contribution >= 0.6 is 11.6 Å². The van der Waals surface area contributed by atoms with Crippen LogP contribution in [0.3, 0.4) is 0 Å². The van der Waals surface area contributed by atoms with E-state index in [-0.39, 0.29) is 46.7 Å². The smallest absolute Gasteiger partial charge is 0.293 e. The monoisotopic (exact) mass is 1180 g/mol. The van der Waals surface area contributed by atoms with Crippen LogP contribution in [0.15, 0.2) is 114 Å². The number of nitrogens with zero attached hydrogens (tertiary/aromatic N) is 6. The highest BCUT2D eigenvalue weighted by Gasteiger charge is 2.45. The summed E-state index contributed by atoms with van der Waals surface area (Å²) in [6, 6.07) is 24.4. The maximum absolute atomic E-state index is 14.2. The number of hydrogen-bond donors (Lipinski definition) is 4. The van der Waals surface area contributed by atoms with E-state index >= 15 is 0 Å². The number of piperazine rings is 1. The maximum Gasteiger partial charge on any atom is 0.293 e. The molecule has 438 valence electrons. The van der Waals surface area contributed by atoms with Crippen LogP contribution in [-0.4, -0.2) is 132 Å². The summed E-state index contributed by atoms with van der Waals surface area (Å²) in [6.07, 6.45) is 10.4. The fourth-order valence-corrected chi connectivity index (χ4v) is 13.5. The van der Waals surface area contributed by atoms with Crippen LogP contribution in [0.2, 0.25) is 5.02 Å². The number of nitro groups is 1. The minimum atomic E-state index is -4.66. The molecule has 5 aliphatic rings. The molecule has 4 N–H and O–H groups in total. The Hall–Kier alpha value is -7.98. The lowest BCUT2D eigenvalue weighted by Crippen LogP contribution is -2.54.